The van der Waals surface area contributed by atoms with Crippen molar-refractivity contribution in [3.63, 3.8) is 0 Å². The SMILES string of the molecule is O=P(O)(O)OP(=O)(O)O.[AlH3].[AlH3].[AlH3].[Ca+2].[H-].[H-]. The Balaban J connectivity index is -0.0000000213. The van der Waals surface area contributed by atoms with Gasteiger partial charge in [-0.15, -0.1) is 0 Å². The van der Waals surface area contributed by atoms with Crippen LogP contribution in [0, 0.1) is 0 Å². The summed E-state index contributed by atoms with van der Waals surface area (Å²) in [4.78, 5) is 31.0. The Morgan fingerprint density at radius 1 is 0.846 bits per heavy atom. The predicted octanol–water partition coefficient (Wildman–Crippen LogP) is -4.52. The van der Waals surface area contributed by atoms with E-state index < -0.39 is 15.6 Å². The molecule has 0 unspecified atom stereocenters. The third kappa shape index (κ3) is 31.3. The number of rotatable bonds is 2. The maximum atomic E-state index is 9.63. The smallest absolute Gasteiger partial charge is 1.00 e. The van der Waals surface area contributed by atoms with Crippen molar-refractivity contribution in [3.05, 3.63) is 0 Å². The molecule has 4 N–H and O–H groups in total. The molecule has 0 saturated carbocycles. The van der Waals surface area contributed by atoms with Gasteiger partial charge in [-0.05, 0) is 0 Å². The Morgan fingerprint density at radius 3 is 1.00 bits per heavy atom. The summed E-state index contributed by atoms with van der Waals surface area (Å²) in [5.74, 6) is 0. The van der Waals surface area contributed by atoms with E-state index in [4.69, 9.17) is 19.6 Å². The molecule has 0 radical (unpaired) electrons. The molecular formula is H15Al3CaO7P2. The van der Waals surface area contributed by atoms with Crippen LogP contribution in [0.15, 0.2) is 0 Å². The van der Waals surface area contributed by atoms with E-state index in [1.165, 1.54) is 0 Å². The molecule has 0 aliphatic carbocycles. The summed E-state index contributed by atoms with van der Waals surface area (Å²) in [7, 11) is -10.1. The molecule has 0 aromatic rings. The van der Waals surface area contributed by atoms with Crippen LogP contribution in [0.25, 0.3) is 0 Å². The molecule has 0 aromatic carbocycles. The molecule has 0 fully saturated rings. The largest absolute Gasteiger partial charge is 2.00 e. The van der Waals surface area contributed by atoms with Crippen molar-refractivity contribution in [2.24, 2.45) is 0 Å². The van der Waals surface area contributed by atoms with Crippen LogP contribution in [0.5, 0.6) is 0 Å². The van der Waals surface area contributed by atoms with Crippen molar-refractivity contribution in [1.29, 1.82) is 0 Å². The molecule has 0 aliphatic rings. The summed E-state index contributed by atoms with van der Waals surface area (Å²) in [6.45, 7) is 0. The third-order valence-electron chi connectivity index (χ3n) is 0.213. The van der Waals surface area contributed by atoms with Crippen molar-refractivity contribution >= 4 is 105 Å². The molecule has 0 rings (SSSR count). The fourth-order valence-corrected chi connectivity index (χ4v) is 1.25. The zero-order valence-electron chi connectivity index (χ0n) is 6.62. The van der Waals surface area contributed by atoms with Gasteiger partial charge in [-0.3, -0.25) is 0 Å². The van der Waals surface area contributed by atoms with E-state index in [0.717, 1.165) is 0 Å². The van der Waals surface area contributed by atoms with Crippen LogP contribution in [0.3, 0.4) is 0 Å². The summed E-state index contributed by atoms with van der Waals surface area (Å²) in [5, 5.41) is 0. The normalized spacial score (nSPS) is 9.54. The van der Waals surface area contributed by atoms with Crippen molar-refractivity contribution in [1.82, 2.24) is 0 Å². The molecule has 0 bridgehead atoms. The molecule has 0 amide bonds. The first-order valence-corrected chi connectivity index (χ1v) is 4.59. The van der Waals surface area contributed by atoms with E-state index in [1.54, 1.807) is 0 Å². The van der Waals surface area contributed by atoms with E-state index >= 15 is 0 Å². The fraction of sp³-hybridized carbons (Fsp3) is 0. The second-order valence-electron chi connectivity index (χ2n) is 1.06. The Hall–Kier alpha value is 3.12. The topological polar surface area (TPSA) is 124 Å². The van der Waals surface area contributed by atoms with Gasteiger partial charge in [0, 0.05) is 0 Å². The monoisotopic (exact) mass is 310 g/mol. The molecule has 13 heavy (non-hydrogen) atoms. The summed E-state index contributed by atoms with van der Waals surface area (Å²) in [6, 6.07) is 0. The number of hydrogen-bond acceptors (Lipinski definition) is 3. The van der Waals surface area contributed by atoms with Crippen molar-refractivity contribution in [2.45, 2.75) is 0 Å². The average molecular weight is 310 g/mol. The van der Waals surface area contributed by atoms with Gasteiger partial charge in [0.25, 0.3) is 0 Å². The molecular weight excluding hydrogens is 295 g/mol. The second kappa shape index (κ2) is 11.6. The first kappa shape index (κ1) is 29.8. The van der Waals surface area contributed by atoms with Gasteiger partial charge < -0.3 is 22.4 Å². The van der Waals surface area contributed by atoms with Gasteiger partial charge in [0.1, 0.15) is 0 Å². The fourth-order valence-electron chi connectivity index (χ4n) is 0.139. The summed E-state index contributed by atoms with van der Waals surface area (Å²) in [6.07, 6.45) is 0. The van der Waals surface area contributed by atoms with Crippen LogP contribution in [-0.4, -0.2) is 109 Å². The van der Waals surface area contributed by atoms with E-state index in [9.17, 15) is 9.13 Å². The second-order valence-corrected chi connectivity index (χ2v) is 3.68. The van der Waals surface area contributed by atoms with Gasteiger partial charge in [-0.25, -0.2) is 9.13 Å². The molecule has 78 valence electrons. The van der Waals surface area contributed by atoms with Gasteiger partial charge in [-0.2, -0.15) is 4.31 Å². The summed E-state index contributed by atoms with van der Waals surface area (Å²) in [5.41, 5.74) is 0. The van der Waals surface area contributed by atoms with E-state index in [-0.39, 0.29) is 92.7 Å². The Bertz CT molecular complexity index is 171. The van der Waals surface area contributed by atoms with Gasteiger partial charge >= 0.3 is 53.4 Å². The zero-order chi connectivity index (χ0) is 7.71. The van der Waals surface area contributed by atoms with Gasteiger partial charge in [0.15, 0.2) is 52.1 Å². The molecule has 7 nitrogen and oxygen atoms in total. The average Bonchev–Trinajstić information content (AvgIpc) is 1.14. The minimum Gasteiger partial charge on any atom is -1.00 e. The maximum absolute atomic E-state index is 9.63. The van der Waals surface area contributed by atoms with Crippen LogP contribution in [0.4, 0.5) is 0 Å². The van der Waals surface area contributed by atoms with Crippen molar-refractivity contribution in [2.75, 3.05) is 0 Å². The first-order chi connectivity index (χ1) is 3.71. The molecule has 0 heterocycles. The molecule has 0 spiro atoms. The molecule has 0 saturated heterocycles. The van der Waals surface area contributed by atoms with Crippen LogP contribution in [-0.2, 0) is 13.4 Å². The molecule has 0 aromatic heterocycles. The van der Waals surface area contributed by atoms with Crippen LogP contribution in [0.2, 0.25) is 0 Å². The minimum absolute atomic E-state index is 0. The van der Waals surface area contributed by atoms with Crippen molar-refractivity contribution < 1.29 is 35.9 Å². The minimum atomic E-state index is -5.05. The van der Waals surface area contributed by atoms with E-state index in [2.05, 4.69) is 4.31 Å². The van der Waals surface area contributed by atoms with E-state index in [1.807, 2.05) is 0 Å². The summed E-state index contributed by atoms with van der Waals surface area (Å²) >= 11 is 0. The predicted molar refractivity (Wildman–Crippen MR) is 63.0 cm³/mol. The standard InChI is InChI=1S/3Al.Ca.H4O7P2.11H/c;;;;1-8(2,3)7-9(4,5)6;;;;;;;;;;;/h;;;;(H2,1,2,3)(H2,4,5,6);;;;;;;;;;;/q;;;+2;;;;;;;;;;;2*-1. The van der Waals surface area contributed by atoms with Crippen LogP contribution in [0.1, 0.15) is 2.85 Å². The van der Waals surface area contributed by atoms with Crippen molar-refractivity contribution in [3.8, 4) is 0 Å². The Kier molecular flexibility index (Phi) is 26.6. The quantitative estimate of drug-likeness (QED) is 0.299. The number of phosphoric acid groups is 2. The number of hydrogen-bond donors (Lipinski definition) is 4. The first-order valence-electron chi connectivity index (χ1n) is 1.53. The van der Waals surface area contributed by atoms with E-state index in [0.29, 0.717) is 0 Å². The third-order valence-corrected chi connectivity index (χ3v) is 1.91. The van der Waals surface area contributed by atoms with Gasteiger partial charge in [-0.1, -0.05) is 0 Å². The molecule has 13 heteroatoms. The molecule has 0 atom stereocenters. The summed E-state index contributed by atoms with van der Waals surface area (Å²) < 4.78 is 22.2. The van der Waals surface area contributed by atoms with Crippen LogP contribution >= 0.6 is 15.6 Å². The zero-order valence-corrected chi connectivity index (χ0v) is 8.61. The Morgan fingerprint density at radius 2 is 1.00 bits per heavy atom. The molecule has 0 aliphatic heterocycles. The Labute approximate surface area is 139 Å². The van der Waals surface area contributed by atoms with Gasteiger partial charge in [0.05, 0.1) is 0 Å². The van der Waals surface area contributed by atoms with Crippen LogP contribution < -0.4 is 0 Å². The maximum Gasteiger partial charge on any atom is 2.00 e. The van der Waals surface area contributed by atoms with Gasteiger partial charge in [0.2, 0.25) is 0 Å².